The van der Waals surface area contributed by atoms with Crippen LogP contribution in [0.25, 0.3) is 0 Å². The standard InChI is InChI=1S/C11H13ClN2O/c1-13-11(15)9-6-14(2)10-4-3-7(12)5-8(9)10/h3-5,9H,6H2,1-2H3,(H,13,15). The van der Waals surface area contributed by atoms with E-state index in [4.69, 9.17) is 11.6 Å². The van der Waals surface area contributed by atoms with Crippen molar-refractivity contribution >= 4 is 23.2 Å². The molecule has 0 aromatic heterocycles. The minimum Gasteiger partial charge on any atom is -0.373 e. The third-order valence-electron chi connectivity index (χ3n) is 2.80. The molecule has 2 rings (SSSR count). The van der Waals surface area contributed by atoms with E-state index in [1.165, 1.54) is 0 Å². The zero-order valence-corrected chi connectivity index (χ0v) is 9.51. The van der Waals surface area contributed by atoms with Crippen molar-refractivity contribution in [3.8, 4) is 0 Å². The first-order valence-corrected chi connectivity index (χ1v) is 5.23. The largest absolute Gasteiger partial charge is 0.373 e. The van der Waals surface area contributed by atoms with E-state index in [1.54, 1.807) is 7.05 Å². The van der Waals surface area contributed by atoms with Gasteiger partial charge < -0.3 is 10.2 Å². The fraction of sp³-hybridized carbons (Fsp3) is 0.364. The van der Waals surface area contributed by atoms with Crippen molar-refractivity contribution in [2.24, 2.45) is 0 Å². The maximum absolute atomic E-state index is 11.7. The molecular weight excluding hydrogens is 212 g/mol. The number of carbonyl (C=O) groups excluding carboxylic acids is 1. The summed E-state index contributed by atoms with van der Waals surface area (Å²) in [5, 5.41) is 3.36. The lowest BCUT2D eigenvalue weighted by molar-refractivity contribution is -0.121. The highest BCUT2D eigenvalue weighted by atomic mass is 35.5. The molecule has 1 N–H and O–H groups in total. The zero-order valence-electron chi connectivity index (χ0n) is 8.75. The highest BCUT2D eigenvalue weighted by molar-refractivity contribution is 6.30. The molecule has 4 heteroatoms. The van der Waals surface area contributed by atoms with Crippen LogP contribution in [0.5, 0.6) is 0 Å². The van der Waals surface area contributed by atoms with Gasteiger partial charge in [-0.2, -0.15) is 0 Å². The zero-order chi connectivity index (χ0) is 11.0. The summed E-state index contributed by atoms with van der Waals surface area (Å²) in [4.78, 5) is 13.7. The van der Waals surface area contributed by atoms with Gasteiger partial charge in [0.1, 0.15) is 0 Å². The van der Waals surface area contributed by atoms with Gasteiger partial charge in [0, 0.05) is 31.4 Å². The number of benzene rings is 1. The Labute approximate surface area is 94.0 Å². The fourth-order valence-corrected chi connectivity index (χ4v) is 2.20. The van der Waals surface area contributed by atoms with Crippen LogP contribution < -0.4 is 10.2 Å². The molecule has 0 fully saturated rings. The number of carbonyl (C=O) groups is 1. The van der Waals surface area contributed by atoms with Gasteiger partial charge in [-0.25, -0.2) is 0 Å². The van der Waals surface area contributed by atoms with Crippen LogP contribution in [0.4, 0.5) is 5.69 Å². The van der Waals surface area contributed by atoms with Crippen LogP contribution in [0.1, 0.15) is 11.5 Å². The van der Waals surface area contributed by atoms with Gasteiger partial charge in [-0.05, 0) is 23.8 Å². The Balaban J connectivity index is 2.44. The minimum atomic E-state index is -0.103. The monoisotopic (exact) mass is 224 g/mol. The Morgan fingerprint density at radius 3 is 3.00 bits per heavy atom. The number of amides is 1. The first-order valence-electron chi connectivity index (χ1n) is 4.85. The third-order valence-corrected chi connectivity index (χ3v) is 3.03. The summed E-state index contributed by atoms with van der Waals surface area (Å²) in [6.45, 7) is 0.718. The number of nitrogens with zero attached hydrogens (tertiary/aromatic N) is 1. The van der Waals surface area contributed by atoms with Crippen LogP contribution in [0.15, 0.2) is 18.2 Å². The predicted octanol–water partition coefficient (Wildman–Crippen LogP) is 1.62. The summed E-state index contributed by atoms with van der Waals surface area (Å²) in [5.41, 5.74) is 2.11. The van der Waals surface area contributed by atoms with Crippen LogP contribution in [0.3, 0.4) is 0 Å². The van der Waals surface area contributed by atoms with Gasteiger partial charge in [0.15, 0.2) is 0 Å². The van der Waals surface area contributed by atoms with Crippen molar-refractivity contribution in [3.05, 3.63) is 28.8 Å². The Hall–Kier alpha value is -1.22. The molecule has 80 valence electrons. The fourth-order valence-electron chi connectivity index (χ4n) is 2.02. The van der Waals surface area contributed by atoms with Crippen molar-refractivity contribution < 1.29 is 4.79 Å². The van der Waals surface area contributed by atoms with E-state index in [1.807, 2.05) is 25.2 Å². The second kappa shape index (κ2) is 3.74. The summed E-state index contributed by atoms with van der Waals surface area (Å²) in [6, 6.07) is 5.68. The molecular formula is C11H13ClN2O. The van der Waals surface area contributed by atoms with Gasteiger partial charge in [0.25, 0.3) is 0 Å². The number of fused-ring (bicyclic) bond motifs is 1. The van der Waals surface area contributed by atoms with Crippen LogP contribution in [-0.2, 0) is 4.79 Å². The molecule has 1 aromatic rings. The average molecular weight is 225 g/mol. The van der Waals surface area contributed by atoms with Gasteiger partial charge >= 0.3 is 0 Å². The van der Waals surface area contributed by atoms with Crippen LogP contribution in [0.2, 0.25) is 5.02 Å². The number of halogens is 1. The highest BCUT2D eigenvalue weighted by Gasteiger charge is 2.31. The molecule has 1 amide bonds. The minimum absolute atomic E-state index is 0.0443. The molecule has 1 atom stereocenters. The third kappa shape index (κ3) is 1.67. The molecule has 1 heterocycles. The molecule has 0 saturated heterocycles. The van der Waals surface area contributed by atoms with Crippen molar-refractivity contribution in [3.63, 3.8) is 0 Å². The van der Waals surface area contributed by atoms with Crippen molar-refractivity contribution in [2.45, 2.75) is 5.92 Å². The molecule has 0 saturated carbocycles. The molecule has 0 bridgehead atoms. The van der Waals surface area contributed by atoms with Crippen molar-refractivity contribution in [1.82, 2.24) is 5.32 Å². The van der Waals surface area contributed by atoms with E-state index in [9.17, 15) is 4.79 Å². The summed E-state index contributed by atoms with van der Waals surface area (Å²) < 4.78 is 0. The summed E-state index contributed by atoms with van der Waals surface area (Å²) in [6.07, 6.45) is 0. The Bertz CT molecular complexity index is 406. The first-order chi connectivity index (χ1) is 7.13. The van der Waals surface area contributed by atoms with Gasteiger partial charge in [-0.1, -0.05) is 11.6 Å². The number of hydrogen-bond acceptors (Lipinski definition) is 2. The maximum Gasteiger partial charge on any atom is 0.229 e. The quantitative estimate of drug-likeness (QED) is 0.786. The molecule has 1 aliphatic heterocycles. The van der Waals surface area contributed by atoms with Crippen LogP contribution in [-0.4, -0.2) is 26.5 Å². The first kappa shape index (κ1) is 10.3. The lowest BCUT2D eigenvalue weighted by Gasteiger charge is -2.11. The Kier molecular flexibility index (Phi) is 2.57. The van der Waals surface area contributed by atoms with Crippen LogP contribution >= 0.6 is 11.6 Å². The second-order valence-electron chi connectivity index (χ2n) is 3.75. The summed E-state index contributed by atoms with van der Waals surface area (Å²) in [5.74, 6) is -0.0587. The Morgan fingerprint density at radius 1 is 1.60 bits per heavy atom. The number of nitrogens with one attached hydrogen (secondary N) is 1. The maximum atomic E-state index is 11.7. The average Bonchev–Trinajstić information content (AvgIpc) is 2.54. The Morgan fingerprint density at radius 2 is 2.33 bits per heavy atom. The molecule has 3 nitrogen and oxygen atoms in total. The second-order valence-corrected chi connectivity index (χ2v) is 4.19. The molecule has 0 aliphatic carbocycles. The smallest absolute Gasteiger partial charge is 0.229 e. The number of anilines is 1. The van der Waals surface area contributed by atoms with Crippen LogP contribution in [0, 0.1) is 0 Å². The molecule has 1 aromatic carbocycles. The summed E-state index contributed by atoms with van der Waals surface area (Å²) in [7, 11) is 3.64. The molecule has 15 heavy (non-hydrogen) atoms. The van der Waals surface area contributed by atoms with E-state index in [2.05, 4.69) is 10.2 Å². The van der Waals surface area contributed by atoms with Gasteiger partial charge in [-0.15, -0.1) is 0 Å². The van der Waals surface area contributed by atoms with Gasteiger partial charge in [-0.3, -0.25) is 4.79 Å². The van der Waals surface area contributed by atoms with Gasteiger partial charge in [0.05, 0.1) is 5.92 Å². The van der Waals surface area contributed by atoms with E-state index < -0.39 is 0 Å². The highest BCUT2D eigenvalue weighted by Crippen LogP contribution is 2.36. The SMILES string of the molecule is CNC(=O)C1CN(C)c2ccc(Cl)cc21. The van der Waals surface area contributed by atoms with Crippen molar-refractivity contribution in [2.75, 3.05) is 25.5 Å². The topological polar surface area (TPSA) is 32.3 Å². The van der Waals surface area contributed by atoms with E-state index in [-0.39, 0.29) is 11.8 Å². The lowest BCUT2D eigenvalue weighted by atomic mass is 10.0. The molecule has 1 unspecified atom stereocenters. The van der Waals surface area contributed by atoms with E-state index >= 15 is 0 Å². The van der Waals surface area contributed by atoms with E-state index in [0.29, 0.717) is 5.02 Å². The molecule has 0 radical (unpaired) electrons. The normalized spacial score (nSPS) is 18.9. The molecule has 1 aliphatic rings. The number of likely N-dealkylation sites (N-methyl/N-ethyl adjacent to an activating group) is 2. The predicted molar refractivity (Wildman–Crippen MR) is 61.5 cm³/mol. The number of rotatable bonds is 1. The lowest BCUT2D eigenvalue weighted by Crippen LogP contribution is -2.28. The van der Waals surface area contributed by atoms with E-state index in [0.717, 1.165) is 17.8 Å². The summed E-state index contributed by atoms with van der Waals surface area (Å²) >= 11 is 5.93. The van der Waals surface area contributed by atoms with Crippen molar-refractivity contribution in [1.29, 1.82) is 0 Å². The molecule has 0 spiro atoms. The number of hydrogen-bond donors (Lipinski definition) is 1. The van der Waals surface area contributed by atoms with Gasteiger partial charge in [0.2, 0.25) is 5.91 Å².